The summed E-state index contributed by atoms with van der Waals surface area (Å²) < 4.78 is 11.2. The number of nitrogens with one attached hydrogen (secondary N) is 4. The predicted octanol–water partition coefficient (Wildman–Crippen LogP) is 1.40. The van der Waals surface area contributed by atoms with E-state index in [9.17, 15) is 24.0 Å². The van der Waals surface area contributed by atoms with Crippen molar-refractivity contribution in [3.05, 3.63) is 64.8 Å². The van der Waals surface area contributed by atoms with Crippen molar-refractivity contribution < 1.29 is 33.1 Å². The van der Waals surface area contributed by atoms with Gasteiger partial charge in [0.1, 0.15) is 11.5 Å². The van der Waals surface area contributed by atoms with Gasteiger partial charge in [-0.05, 0) is 48.8 Å². The number of allylic oxidation sites excluding steroid dienone is 2. The highest BCUT2D eigenvalue weighted by Gasteiger charge is 2.53. The molecule has 2 aromatic rings. The predicted molar refractivity (Wildman–Crippen MR) is 136 cm³/mol. The van der Waals surface area contributed by atoms with Crippen LogP contribution in [0, 0.1) is 0 Å². The van der Waals surface area contributed by atoms with Gasteiger partial charge in [-0.1, -0.05) is 6.08 Å². The number of rotatable bonds is 6. The molecule has 3 aliphatic rings. The number of imide groups is 2. The Morgan fingerprint density at radius 3 is 2.77 bits per heavy atom. The van der Waals surface area contributed by atoms with Gasteiger partial charge in [0.15, 0.2) is 5.54 Å². The second kappa shape index (κ2) is 9.74. The van der Waals surface area contributed by atoms with Crippen LogP contribution in [0.1, 0.15) is 37.6 Å². The van der Waals surface area contributed by atoms with Crippen molar-refractivity contribution in [3.63, 3.8) is 0 Å². The number of aromatic nitrogens is 1. The smallest absolute Gasteiger partial charge is 0.322 e. The minimum atomic E-state index is -1.69. The van der Waals surface area contributed by atoms with E-state index in [1.54, 1.807) is 31.2 Å². The van der Waals surface area contributed by atoms with E-state index in [-0.39, 0.29) is 30.5 Å². The number of ether oxygens (including phenoxy) is 1. The van der Waals surface area contributed by atoms with E-state index in [1.807, 2.05) is 6.08 Å². The summed E-state index contributed by atoms with van der Waals surface area (Å²) in [5, 5.41) is 10.2. The SMILES string of the molecule is COC1=CC2=C(CC=C1)CN(C[C@@]1(c3cc4cc(C(C)NC(=O)NC(C)=O)cnc4o3)NC(=O)NC1=O)C2=O. The summed E-state index contributed by atoms with van der Waals surface area (Å²) >= 11 is 0. The maximum atomic E-state index is 13.3. The summed E-state index contributed by atoms with van der Waals surface area (Å²) in [5.74, 6) is -0.811. The van der Waals surface area contributed by atoms with Crippen LogP contribution in [0.5, 0.6) is 0 Å². The largest absolute Gasteiger partial charge is 0.497 e. The van der Waals surface area contributed by atoms with E-state index in [1.165, 1.54) is 25.1 Å². The van der Waals surface area contributed by atoms with Crippen LogP contribution in [-0.2, 0) is 24.7 Å². The number of nitrogens with zero attached hydrogens (tertiary/aromatic N) is 2. The van der Waals surface area contributed by atoms with Crippen LogP contribution in [0.4, 0.5) is 9.59 Å². The van der Waals surface area contributed by atoms with E-state index >= 15 is 0 Å². The minimum Gasteiger partial charge on any atom is -0.497 e. The molecule has 0 bridgehead atoms. The van der Waals surface area contributed by atoms with Crippen LogP contribution in [0.25, 0.3) is 11.1 Å². The van der Waals surface area contributed by atoms with Gasteiger partial charge in [-0.2, -0.15) is 0 Å². The number of amides is 7. The van der Waals surface area contributed by atoms with Crippen LogP contribution < -0.4 is 21.3 Å². The van der Waals surface area contributed by atoms with Crippen molar-refractivity contribution >= 4 is 40.9 Å². The molecule has 2 atom stereocenters. The van der Waals surface area contributed by atoms with Crippen molar-refractivity contribution in [2.75, 3.05) is 20.2 Å². The number of carbonyl (C=O) groups excluding carboxylic acids is 5. The number of furan rings is 1. The molecule has 2 aromatic heterocycles. The average molecular weight is 535 g/mol. The summed E-state index contributed by atoms with van der Waals surface area (Å²) in [6, 6.07) is 1.41. The number of carbonyl (C=O) groups is 5. The van der Waals surface area contributed by atoms with E-state index in [2.05, 4.69) is 26.3 Å². The van der Waals surface area contributed by atoms with Gasteiger partial charge in [0.05, 0.1) is 19.7 Å². The second-order valence-corrected chi connectivity index (χ2v) is 9.50. The lowest BCUT2D eigenvalue weighted by Gasteiger charge is -2.29. The summed E-state index contributed by atoms with van der Waals surface area (Å²) in [7, 11) is 1.52. The highest BCUT2D eigenvalue weighted by atomic mass is 16.5. The van der Waals surface area contributed by atoms with Gasteiger partial charge >= 0.3 is 12.1 Å². The zero-order valence-electron chi connectivity index (χ0n) is 21.4. The van der Waals surface area contributed by atoms with E-state index in [0.717, 1.165) is 5.57 Å². The molecule has 7 amide bonds. The number of fused-ring (bicyclic) bond motifs is 1. The third kappa shape index (κ3) is 4.74. The van der Waals surface area contributed by atoms with Crippen LogP contribution >= 0.6 is 0 Å². The fraction of sp³-hybridized carbons (Fsp3) is 0.308. The zero-order chi connectivity index (χ0) is 27.9. The van der Waals surface area contributed by atoms with Crippen molar-refractivity contribution in [1.29, 1.82) is 0 Å². The second-order valence-electron chi connectivity index (χ2n) is 9.50. The molecular formula is C26H26N6O7. The lowest BCUT2D eigenvalue weighted by Crippen LogP contribution is -2.53. The van der Waals surface area contributed by atoms with Crippen molar-refractivity contribution in [2.45, 2.75) is 31.8 Å². The summed E-state index contributed by atoms with van der Waals surface area (Å²) in [4.78, 5) is 67.6. The number of urea groups is 2. The molecule has 202 valence electrons. The summed E-state index contributed by atoms with van der Waals surface area (Å²) in [5.41, 5.74) is 0.478. The number of hydrogen-bond acceptors (Lipinski definition) is 8. The van der Waals surface area contributed by atoms with Crippen LogP contribution in [0.2, 0.25) is 0 Å². The molecule has 13 nitrogen and oxygen atoms in total. The highest BCUT2D eigenvalue weighted by molar-refractivity contribution is 6.08. The first-order valence-electron chi connectivity index (χ1n) is 12.1. The molecule has 4 N–H and O–H groups in total. The van der Waals surface area contributed by atoms with Gasteiger partial charge in [-0.3, -0.25) is 25.0 Å². The molecule has 0 saturated carbocycles. The molecule has 39 heavy (non-hydrogen) atoms. The van der Waals surface area contributed by atoms with Gasteiger partial charge in [0.2, 0.25) is 11.6 Å². The van der Waals surface area contributed by atoms with Gasteiger partial charge in [-0.25, -0.2) is 14.6 Å². The van der Waals surface area contributed by atoms with Gasteiger partial charge in [0.25, 0.3) is 11.8 Å². The van der Waals surface area contributed by atoms with Crippen molar-refractivity contribution in [3.8, 4) is 0 Å². The molecule has 0 spiro atoms. The molecule has 2 aliphatic heterocycles. The van der Waals surface area contributed by atoms with Crippen molar-refractivity contribution in [1.82, 2.24) is 31.2 Å². The third-order valence-corrected chi connectivity index (χ3v) is 6.77. The molecule has 1 aliphatic carbocycles. The monoisotopic (exact) mass is 534 g/mol. The summed E-state index contributed by atoms with van der Waals surface area (Å²) in [6.45, 7) is 3.03. The Bertz CT molecular complexity index is 1520. The fourth-order valence-corrected chi connectivity index (χ4v) is 4.82. The van der Waals surface area contributed by atoms with Gasteiger partial charge in [-0.15, -0.1) is 0 Å². The standard InChI is InChI=1S/C26H26N6O7/c1-13(28-24(36)29-14(2)33)17-7-16-8-20(39-21(16)27-10-17)26(23(35)30-25(37)31-26)12-32-11-15-5-4-6-18(38-3)9-19(15)22(32)34/h4,6-10,13H,5,11-12H2,1-3H3,(H2,28,29,33,36)(H2,30,31,35,37)/t13?,26-/m0/s1. The normalized spacial score (nSPS) is 21.3. The minimum absolute atomic E-state index is 0.100. The van der Waals surface area contributed by atoms with E-state index in [0.29, 0.717) is 28.7 Å². The molecule has 1 saturated heterocycles. The zero-order valence-corrected chi connectivity index (χ0v) is 21.4. The lowest BCUT2D eigenvalue weighted by molar-refractivity contribution is -0.130. The molecule has 13 heteroatoms. The first kappa shape index (κ1) is 25.7. The molecule has 4 heterocycles. The summed E-state index contributed by atoms with van der Waals surface area (Å²) in [6.07, 6.45) is 7.40. The molecule has 0 aromatic carbocycles. The molecule has 5 rings (SSSR count). The Hall–Kier alpha value is -4.94. The Balaban J connectivity index is 1.44. The van der Waals surface area contributed by atoms with E-state index < -0.39 is 35.5 Å². The maximum absolute atomic E-state index is 13.3. The Labute approximate surface area is 222 Å². The van der Waals surface area contributed by atoms with E-state index in [4.69, 9.17) is 9.15 Å². The lowest BCUT2D eigenvalue weighted by atomic mass is 9.95. The average Bonchev–Trinajstić information content (AvgIpc) is 3.46. The number of pyridine rings is 1. The van der Waals surface area contributed by atoms with Crippen LogP contribution in [0.3, 0.4) is 0 Å². The molecular weight excluding hydrogens is 508 g/mol. The van der Waals surface area contributed by atoms with Crippen molar-refractivity contribution in [2.24, 2.45) is 0 Å². The first-order valence-corrected chi connectivity index (χ1v) is 12.1. The first-order chi connectivity index (χ1) is 18.6. The maximum Gasteiger partial charge on any atom is 0.322 e. The Kier molecular flexibility index (Phi) is 6.42. The Morgan fingerprint density at radius 2 is 2.08 bits per heavy atom. The van der Waals surface area contributed by atoms with Gasteiger partial charge in [0, 0.05) is 30.6 Å². The van der Waals surface area contributed by atoms with Gasteiger partial charge < -0.3 is 24.7 Å². The third-order valence-electron chi connectivity index (χ3n) is 6.77. The molecule has 0 radical (unpaired) electrons. The Morgan fingerprint density at radius 1 is 1.28 bits per heavy atom. The number of hydrogen-bond donors (Lipinski definition) is 4. The quantitative estimate of drug-likeness (QED) is 0.403. The fourth-order valence-electron chi connectivity index (χ4n) is 4.82. The highest BCUT2D eigenvalue weighted by Crippen LogP contribution is 2.35. The number of methoxy groups -OCH3 is 1. The van der Waals surface area contributed by atoms with Crippen LogP contribution in [0.15, 0.2) is 57.9 Å². The molecule has 1 fully saturated rings. The topological polar surface area (TPSA) is 172 Å². The molecule has 1 unspecified atom stereocenters. The van der Waals surface area contributed by atoms with Crippen LogP contribution in [-0.4, -0.2) is 59.9 Å².